The van der Waals surface area contributed by atoms with Crippen molar-refractivity contribution in [2.45, 2.75) is 30.6 Å². The second-order valence-electron chi connectivity index (χ2n) is 9.31. The van der Waals surface area contributed by atoms with Gasteiger partial charge in [-0.05, 0) is 105 Å². The summed E-state index contributed by atoms with van der Waals surface area (Å²) in [6.07, 6.45) is 1.61. The molecule has 1 aliphatic heterocycles. The van der Waals surface area contributed by atoms with Crippen molar-refractivity contribution in [3.05, 3.63) is 117 Å². The molecule has 200 valence electrons. The molecule has 0 saturated carbocycles. The lowest BCUT2D eigenvalue weighted by Crippen LogP contribution is -2.54. The van der Waals surface area contributed by atoms with Crippen LogP contribution in [0.2, 0.25) is 0 Å². The number of thiocarbonyl (C=S) groups is 1. The maximum atomic E-state index is 13.4. The molecule has 1 fully saturated rings. The van der Waals surface area contributed by atoms with Crippen LogP contribution in [-0.2, 0) is 9.59 Å². The van der Waals surface area contributed by atoms with E-state index in [9.17, 15) is 19.7 Å². The van der Waals surface area contributed by atoms with Crippen LogP contribution in [0.1, 0.15) is 22.5 Å². The van der Waals surface area contributed by atoms with Gasteiger partial charge in [-0.15, -0.1) is 0 Å². The smallest absolute Gasteiger partial charge is 0.270 e. The molecule has 2 heterocycles. The number of hydrogen-bond donors (Lipinski definition) is 1. The summed E-state index contributed by atoms with van der Waals surface area (Å²) in [6.45, 7) is 5.82. The Balaban J connectivity index is 1.41. The van der Waals surface area contributed by atoms with E-state index in [1.807, 2.05) is 69.3 Å². The molecule has 8 nitrogen and oxygen atoms in total. The Morgan fingerprint density at radius 2 is 1.55 bits per heavy atom. The zero-order valence-corrected chi connectivity index (χ0v) is 23.5. The fraction of sp³-hybridized carbons (Fsp3) is 0.100. The van der Waals surface area contributed by atoms with Crippen molar-refractivity contribution in [2.24, 2.45) is 0 Å². The van der Waals surface area contributed by atoms with Crippen molar-refractivity contribution < 1.29 is 14.5 Å². The number of aromatic nitrogens is 1. The first-order chi connectivity index (χ1) is 19.1. The number of carbonyl (C=O) groups is 2. The highest BCUT2D eigenvalue weighted by Crippen LogP contribution is 2.31. The fourth-order valence-electron chi connectivity index (χ4n) is 4.58. The van der Waals surface area contributed by atoms with Crippen LogP contribution >= 0.6 is 24.0 Å². The minimum atomic E-state index is -0.531. The van der Waals surface area contributed by atoms with Crippen LogP contribution < -0.4 is 10.2 Å². The highest BCUT2D eigenvalue weighted by Gasteiger charge is 2.34. The van der Waals surface area contributed by atoms with Crippen molar-refractivity contribution >= 4 is 58.4 Å². The summed E-state index contributed by atoms with van der Waals surface area (Å²) in [6, 6.07) is 23.7. The van der Waals surface area contributed by atoms with Crippen LogP contribution in [-0.4, -0.2) is 26.4 Å². The monoisotopic (exact) mass is 568 g/mol. The number of nitro benzene ring substituents is 1. The largest absolute Gasteiger partial charge is 0.318 e. The van der Waals surface area contributed by atoms with Gasteiger partial charge in [-0.25, -0.2) is 0 Å². The van der Waals surface area contributed by atoms with Crippen molar-refractivity contribution in [1.82, 2.24) is 9.88 Å². The topological polar surface area (TPSA) is 97.5 Å². The second-order valence-corrected chi connectivity index (χ2v) is 10.8. The average Bonchev–Trinajstić information content (AvgIpc) is 3.19. The lowest BCUT2D eigenvalue weighted by molar-refractivity contribution is -0.384. The third-order valence-electron chi connectivity index (χ3n) is 6.51. The summed E-state index contributed by atoms with van der Waals surface area (Å²) in [5, 5.41) is 13.6. The maximum Gasteiger partial charge on any atom is 0.270 e. The summed E-state index contributed by atoms with van der Waals surface area (Å²) >= 11 is 6.83. The second kappa shape index (κ2) is 10.9. The Kier molecular flexibility index (Phi) is 7.38. The molecule has 0 bridgehead atoms. The molecule has 0 unspecified atom stereocenters. The number of aryl methyl sites for hydroxylation is 2. The maximum absolute atomic E-state index is 13.4. The van der Waals surface area contributed by atoms with E-state index < -0.39 is 16.7 Å². The van der Waals surface area contributed by atoms with E-state index in [-0.39, 0.29) is 16.4 Å². The lowest BCUT2D eigenvalue weighted by atomic mass is 10.1. The van der Waals surface area contributed by atoms with Crippen molar-refractivity contribution in [2.75, 3.05) is 4.90 Å². The molecular weight excluding hydrogens is 544 g/mol. The minimum Gasteiger partial charge on any atom is -0.318 e. The van der Waals surface area contributed by atoms with Crippen LogP contribution in [0.25, 0.3) is 11.8 Å². The summed E-state index contributed by atoms with van der Waals surface area (Å²) < 4.78 is 2.06. The molecule has 0 aliphatic carbocycles. The van der Waals surface area contributed by atoms with Gasteiger partial charge in [-0.2, -0.15) is 0 Å². The SMILES string of the molecule is Cc1cccc(N2C(=O)/C(=C/c3cc(C)n(-c4ccc(Sc5ccc([N+](=O)[O-])cc5)cc4)c3C)C(=O)NC2=S)c1. The van der Waals surface area contributed by atoms with Gasteiger partial charge >= 0.3 is 0 Å². The van der Waals surface area contributed by atoms with Crippen LogP contribution in [0.5, 0.6) is 0 Å². The first-order valence-corrected chi connectivity index (χ1v) is 13.5. The number of non-ortho nitro benzene ring substituents is 1. The number of rotatable bonds is 6. The zero-order chi connectivity index (χ0) is 28.6. The van der Waals surface area contributed by atoms with Gasteiger partial charge < -0.3 is 4.57 Å². The van der Waals surface area contributed by atoms with Gasteiger partial charge in [-0.3, -0.25) is 29.9 Å². The molecular formula is C30H24N4O4S2. The number of carbonyl (C=O) groups excluding carboxylic acids is 2. The Morgan fingerprint density at radius 1 is 0.900 bits per heavy atom. The van der Waals surface area contributed by atoms with Gasteiger partial charge in [0.2, 0.25) is 0 Å². The van der Waals surface area contributed by atoms with E-state index in [4.69, 9.17) is 12.2 Å². The van der Waals surface area contributed by atoms with Gasteiger partial charge in [0.25, 0.3) is 17.5 Å². The Bertz CT molecular complexity index is 1710. The molecule has 2 amide bonds. The fourth-order valence-corrected chi connectivity index (χ4v) is 5.68. The number of hydrogen-bond acceptors (Lipinski definition) is 6. The molecule has 1 N–H and O–H groups in total. The predicted molar refractivity (Wildman–Crippen MR) is 160 cm³/mol. The van der Waals surface area contributed by atoms with Crippen molar-refractivity contribution in [3.63, 3.8) is 0 Å². The average molecular weight is 569 g/mol. The molecule has 10 heteroatoms. The Labute approximate surface area is 240 Å². The molecule has 40 heavy (non-hydrogen) atoms. The molecule has 3 aromatic carbocycles. The number of benzene rings is 3. The quantitative estimate of drug-likeness (QED) is 0.0965. The number of nitrogens with one attached hydrogen (secondary N) is 1. The number of nitrogens with zero attached hydrogens (tertiary/aromatic N) is 3. The molecule has 1 aromatic heterocycles. The van der Waals surface area contributed by atoms with Crippen molar-refractivity contribution in [3.8, 4) is 5.69 Å². The number of anilines is 1. The zero-order valence-electron chi connectivity index (χ0n) is 21.9. The van der Waals surface area contributed by atoms with Gasteiger partial charge in [-0.1, -0.05) is 23.9 Å². The van der Waals surface area contributed by atoms with Gasteiger partial charge in [0.05, 0.1) is 10.6 Å². The first kappa shape index (κ1) is 27.0. The summed E-state index contributed by atoms with van der Waals surface area (Å²) in [5.41, 5.74) is 5.11. The van der Waals surface area contributed by atoms with E-state index in [0.717, 1.165) is 38.0 Å². The molecule has 5 rings (SSSR count). The van der Waals surface area contributed by atoms with Crippen LogP contribution in [0.4, 0.5) is 11.4 Å². The number of amides is 2. The molecule has 1 aliphatic rings. The predicted octanol–water partition coefficient (Wildman–Crippen LogP) is 6.29. The van der Waals surface area contributed by atoms with Gasteiger partial charge in [0.1, 0.15) is 5.57 Å². The molecule has 0 atom stereocenters. The van der Waals surface area contributed by atoms with Gasteiger partial charge in [0, 0.05) is 39.0 Å². The van der Waals surface area contributed by atoms with E-state index in [1.54, 1.807) is 24.3 Å². The van der Waals surface area contributed by atoms with Crippen LogP contribution in [0.3, 0.4) is 0 Å². The normalized spacial score (nSPS) is 14.5. The summed E-state index contributed by atoms with van der Waals surface area (Å²) in [4.78, 5) is 40.0. The van der Waals surface area contributed by atoms with Crippen molar-refractivity contribution in [1.29, 1.82) is 0 Å². The minimum absolute atomic E-state index is 0.00482. The summed E-state index contributed by atoms with van der Waals surface area (Å²) in [7, 11) is 0. The highest BCUT2D eigenvalue weighted by molar-refractivity contribution is 7.99. The number of nitro groups is 1. The molecule has 1 saturated heterocycles. The third-order valence-corrected chi connectivity index (χ3v) is 7.81. The molecule has 0 spiro atoms. The molecule has 4 aromatic rings. The highest BCUT2D eigenvalue weighted by atomic mass is 32.2. The standard InChI is InChI=1S/C30H24N4O4S2/c1-18-5-4-6-24(15-18)33-29(36)27(28(35)31-30(33)39)17-21-16-19(2)32(20(21)3)22-7-11-25(12-8-22)40-26-13-9-23(10-14-26)34(37)38/h4-17H,1-3H3,(H,31,35,39)/b27-17+. The Hall–Kier alpha value is -4.54. The third kappa shape index (κ3) is 5.31. The van der Waals surface area contributed by atoms with E-state index in [2.05, 4.69) is 9.88 Å². The first-order valence-electron chi connectivity index (χ1n) is 12.3. The Morgan fingerprint density at radius 3 is 2.17 bits per heavy atom. The lowest BCUT2D eigenvalue weighted by Gasteiger charge is -2.29. The van der Waals surface area contributed by atoms with Gasteiger partial charge in [0.15, 0.2) is 5.11 Å². The van der Waals surface area contributed by atoms with E-state index in [1.165, 1.54) is 28.8 Å². The molecule has 0 radical (unpaired) electrons. The van der Waals surface area contributed by atoms with Crippen LogP contribution in [0.15, 0.2) is 94.2 Å². The summed E-state index contributed by atoms with van der Waals surface area (Å²) in [5.74, 6) is -1.01. The van der Waals surface area contributed by atoms with E-state index >= 15 is 0 Å². The van der Waals surface area contributed by atoms with E-state index in [0.29, 0.717) is 5.69 Å². The van der Waals surface area contributed by atoms with Crippen LogP contribution in [0, 0.1) is 30.9 Å².